The van der Waals surface area contributed by atoms with Gasteiger partial charge in [0, 0.05) is 0 Å². The predicted molar refractivity (Wildman–Crippen MR) is 65.8 cm³/mol. The summed E-state index contributed by atoms with van der Waals surface area (Å²) < 4.78 is 41.5. The van der Waals surface area contributed by atoms with Crippen LogP contribution in [0.5, 0.6) is 0 Å². The summed E-state index contributed by atoms with van der Waals surface area (Å²) in [5.74, 6) is -4.73. The number of pyridine rings is 1. The first-order valence-corrected chi connectivity index (χ1v) is 5.69. The number of carboxylic acids is 1. The van der Waals surface area contributed by atoms with Gasteiger partial charge in [0.1, 0.15) is 28.8 Å². The minimum atomic E-state index is -1.45. The van der Waals surface area contributed by atoms with Gasteiger partial charge in [0.05, 0.1) is 18.1 Å². The minimum Gasteiger partial charge on any atom is -0.477 e. The fourth-order valence-corrected chi connectivity index (χ4v) is 1.78. The van der Waals surface area contributed by atoms with E-state index in [9.17, 15) is 18.0 Å². The van der Waals surface area contributed by atoms with Crippen molar-refractivity contribution in [1.29, 1.82) is 5.26 Å². The van der Waals surface area contributed by atoms with Gasteiger partial charge in [0.15, 0.2) is 0 Å². The van der Waals surface area contributed by atoms with E-state index in [4.69, 9.17) is 10.4 Å². The number of rotatable bonds is 3. The van der Waals surface area contributed by atoms with Gasteiger partial charge in [-0.2, -0.15) is 5.26 Å². The first kappa shape index (κ1) is 14.5. The molecule has 0 aliphatic carbocycles. The molecule has 1 aromatic carbocycles. The van der Waals surface area contributed by atoms with Crippen molar-refractivity contribution in [3.05, 3.63) is 53.0 Å². The Morgan fingerprint density at radius 2 is 1.81 bits per heavy atom. The molecule has 7 heteroatoms. The molecule has 0 saturated carbocycles. The topological polar surface area (TPSA) is 74.0 Å². The number of nitriles is 1. The van der Waals surface area contributed by atoms with Crippen molar-refractivity contribution in [2.45, 2.75) is 6.42 Å². The van der Waals surface area contributed by atoms with Crippen molar-refractivity contribution >= 4 is 5.97 Å². The molecule has 0 aliphatic rings. The van der Waals surface area contributed by atoms with E-state index in [0.717, 1.165) is 24.3 Å². The van der Waals surface area contributed by atoms with Gasteiger partial charge in [0.25, 0.3) is 0 Å². The van der Waals surface area contributed by atoms with Crippen LogP contribution in [0.3, 0.4) is 0 Å². The molecule has 0 atom stereocenters. The van der Waals surface area contributed by atoms with Crippen molar-refractivity contribution in [3.8, 4) is 17.3 Å². The highest BCUT2D eigenvalue weighted by Gasteiger charge is 2.20. The molecule has 106 valence electrons. The third-order valence-electron chi connectivity index (χ3n) is 2.69. The third kappa shape index (κ3) is 2.84. The highest BCUT2D eigenvalue weighted by molar-refractivity contribution is 5.86. The Bertz CT molecular complexity index is 746. The summed E-state index contributed by atoms with van der Waals surface area (Å²) in [4.78, 5) is 14.2. The zero-order valence-corrected chi connectivity index (χ0v) is 10.4. The van der Waals surface area contributed by atoms with Gasteiger partial charge in [-0.25, -0.2) is 22.9 Å². The van der Waals surface area contributed by atoms with Crippen molar-refractivity contribution in [1.82, 2.24) is 4.98 Å². The summed E-state index contributed by atoms with van der Waals surface area (Å²) >= 11 is 0. The number of aromatic nitrogens is 1. The Morgan fingerprint density at radius 1 is 1.19 bits per heavy atom. The Morgan fingerprint density at radius 3 is 2.33 bits per heavy atom. The van der Waals surface area contributed by atoms with Crippen LogP contribution in [0.25, 0.3) is 11.3 Å². The maximum absolute atomic E-state index is 13.9. The molecule has 0 spiro atoms. The van der Waals surface area contributed by atoms with Gasteiger partial charge in [-0.05, 0) is 29.8 Å². The van der Waals surface area contributed by atoms with Crippen molar-refractivity contribution in [2.75, 3.05) is 0 Å². The van der Waals surface area contributed by atoms with Crippen LogP contribution in [0.4, 0.5) is 13.2 Å². The summed E-state index contributed by atoms with van der Waals surface area (Å²) in [7, 11) is 0. The zero-order valence-electron chi connectivity index (χ0n) is 10.4. The number of carboxylic acid groups (broad SMARTS) is 1. The molecule has 0 bridgehead atoms. The zero-order chi connectivity index (χ0) is 15.6. The molecular formula is C14H7F3N2O2. The lowest BCUT2D eigenvalue weighted by Gasteiger charge is -2.08. The lowest BCUT2D eigenvalue weighted by molar-refractivity contribution is 0.0690. The number of hydrogen-bond acceptors (Lipinski definition) is 3. The van der Waals surface area contributed by atoms with Crippen LogP contribution in [0, 0.1) is 28.8 Å². The summed E-state index contributed by atoms with van der Waals surface area (Å²) in [6.07, 6.45) is -0.209. The molecule has 4 nitrogen and oxygen atoms in total. The lowest BCUT2D eigenvalue weighted by Crippen LogP contribution is -2.05. The molecule has 2 aromatic rings. The predicted octanol–water partition coefficient (Wildman–Crippen LogP) is 2.93. The van der Waals surface area contributed by atoms with Crippen LogP contribution in [-0.4, -0.2) is 16.1 Å². The quantitative estimate of drug-likeness (QED) is 0.943. The van der Waals surface area contributed by atoms with E-state index in [-0.39, 0.29) is 12.0 Å². The lowest BCUT2D eigenvalue weighted by atomic mass is 10.0. The normalized spacial score (nSPS) is 10.2. The van der Waals surface area contributed by atoms with Crippen molar-refractivity contribution < 1.29 is 23.1 Å². The van der Waals surface area contributed by atoms with Crippen LogP contribution in [0.2, 0.25) is 0 Å². The molecule has 0 amide bonds. The van der Waals surface area contributed by atoms with E-state index in [1.807, 2.05) is 0 Å². The van der Waals surface area contributed by atoms with Crippen LogP contribution < -0.4 is 0 Å². The molecule has 0 fully saturated rings. The van der Waals surface area contributed by atoms with Crippen molar-refractivity contribution in [2.24, 2.45) is 0 Å². The van der Waals surface area contributed by atoms with Gasteiger partial charge in [-0.15, -0.1) is 0 Å². The first-order valence-electron chi connectivity index (χ1n) is 5.69. The van der Waals surface area contributed by atoms with E-state index < -0.39 is 40.4 Å². The van der Waals surface area contributed by atoms with Crippen LogP contribution in [0.15, 0.2) is 24.3 Å². The van der Waals surface area contributed by atoms with E-state index >= 15 is 0 Å². The maximum atomic E-state index is 13.9. The smallest absolute Gasteiger partial charge is 0.354 e. The molecule has 21 heavy (non-hydrogen) atoms. The highest BCUT2D eigenvalue weighted by Crippen LogP contribution is 2.28. The summed E-state index contributed by atoms with van der Waals surface area (Å²) in [6.45, 7) is 0. The molecule has 0 unspecified atom stereocenters. The monoisotopic (exact) mass is 292 g/mol. The molecule has 1 N–H and O–H groups in total. The number of carbonyl (C=O) groups is 1. The number of hydrogen-bond donors (Lipinski definition) is 1. The van der Waals surface area contributed by atoms with Gasteiger partial charge >= 0.3 is 5.97 Å². The summed E-state index contributed by atoms with van der Waals surface area (Å²) in [6, 6.07) is 5.16. The number of aromatic carboxylic acids is 1. The Labute approximate surface area is 117 Å². The van der Waals surface area contributed by atoms with E-state index in [0.29, 0.717) is 0 Å². The Hall–Kier alpha value is -2.88. The molecule has 0 aliphatic heterocycles. The van der Waals surface area contributed by atoms with Crippen LogP contribution >= 0.6 is 0 Å². The number of benzene rings is 1. The molecule has 1 aromatic heterocycles. The highest BCUT2D eigenvalue weighted by atomic mass is 19.1. The second-order valence-electron chi connectivity index (χ2n) is 4.10. The summed E-state index contributed by atoms with van der Waals surface area (Å²) in [5, 5.41) is 17.3. The van der Waals surface area contributed by atoms with Gasteiger partial charge in [-0.1, -0.05) is 0 Å². The largest absolute Gasteiger partial charge is 0.477 e. The van der Waals surface area contributed by atoms with Crippen LogP contribution in [0.1, 0.15) is 16.1 Å². The standard InChI is InChI=1S/C14H7F3N2O2/c15-8-1-2-11(14(20)21)19-13(8)12-9(16)5-7(3-4-18)6-10(12)17/h1-2,5-6H,3H2,(H,20,21). The minimum absolute atomic E-state index is 0.0889. The maximum Gasteiger partial charge on any atom is 0.354 e. The molecule has 2 rings (SSSR count). The second-order valence-corrected chi connectivity index (χ2v) is 4.10. The van der Waals surface area contributed by atoms with E-state index in [1.54, 1.807) is 6.07 Å². The average Bonchev–Trinajstić information content (AvgIpc) is 2.40. The Balaban J connectivity index is 2.65. The molecule has 1 heterocycles. The number of nitrogens with zero attached hydrogens (tertiary/aromatic N) is 2. The molecule has 0 radical (unpaired) electrons. The second kappa shape index (κ2) is 5.63. The van der Waals surface area contributed by atoms with Crippen LogP contribution in [-0.2, 0) is 6.42 Å². The van der Waals surface area contributed by atoms with Gasteiger partial charge < -0.3 is 5.11 Å². The fraction of sp³-hybridized carbons (Fsp3) is 0.0714. The molecular weight excluding hydrogens is 285 g/mol. The SMILES string of the molecule is N#CCc1cc(F)c(-c2nc(C(=O)O)ccc2F)c(F)c1. The van der Waals surface area contributed by atoms with E-state index in [2.05, 4.69) is 4.98 Å². The molecule has 0 saturated heterocycles. The summed E-state index contributed by atoms with van der Waals surface area (Å²) in [5.41, 5.74) is -1.94. The fourth-order valence-electron chi connectivity index (χ4n) is 1.78. The number of halogens is 3. The first-order chi connectivity index (χ1) is 9.93. The Kier molecular flexibility index (Phi) is 3.89. The van der Waals surface area contributed by atoms with Gasteiger partial charge in [-0.3, -0.25) is 0 Å². The third-order valence-corrected chi connectivity index (χ3v) is 2.69. The average molecular weight is 292 g/mol. The van der Waals surface area contributed by atoms with Gasteiger partial charge in [0.2, 0.25) is 0 Å². The van der Waals surface area contributed by atoms with Crippen molar-refractivity contribution in [3.63, 3.8) is 0 Å². The van der Waals surface area contributed by atoms with E-state index in [1.165, 1.54) is 0 Å².